The van der Waals surface area contributed by atoms with E-state index in [-0.39, 0.29) is 6.41 Å². The Labute approximate surface area is 213 Å². The van der Waals surface area contributed by atoms with Crippen molar-refractivity contribution in [2.45, 2.75) is 84.1 Å². The summed E-state index contributed by atoms with van der Waals surface area (Å²) in [6.45, 7) is 10.8. The van der Waals surface area contributed by atoms with Gasteiger partial charge in [-0.1, -0.05) is 31.6 Å². The van der Waals surface area contributed by atoms with Crippen LogP contribution < -0.4 is 5.32 Å². The van der Waals surface area contributed by atoms with Gasteiger partial charge < -0.3 is 14.4 Å². The van der Waals surface area contributed by atoms with Crippen LogP contribution in [0.3, 0.4) is 0 Å². The first-order chi connectivity index (χ1) is 16.9. The van der Waals surface area contributed by atoms with Crippen molar-refractivity contribution in [1.29, 1.82) is 0 Å². The molecule has 1 heterocycles. The molecule has 1 spiro atoms. The highest BCUT2D eigenvalue weighted by Crippen LogP contribution is 2.84. The zero-order valence-electron chi connectivity index (χ0n) is 22.6. The first-order valence-electron chi connectivity index (χ1n) is 14.6. The van der Waals surface area contributed by atoms with Crippen LogP contribution in [-0.4, -0.2) is 44.6 Å². The van der Waals surface area contributed by atoms with E-state index in [0.717, 1.165) is 42.6 Å². The van der Waals surface area contributed by atoms with E-state index in [4.69, 9.17) is 9.47 Å². The number of hydrogen-bond donors (Lipinski definition) is 1. The summed E-state index contributed by atoms with van der Waals surface area (Å²) in [4.78, 5) is 2.18. The predicted octanol–water partition coefficient (Wildman–Crippen LogP) is 6.12. The standard InChI is InChI=1S/C31H48N2O2/c1-6-21-9-7-8-10-23(21)24-17-28-25(15-19(24)2)29(32-30(35-28)34-14-13-33(4)5)22-11-12-31-18-27(31)26(31)16-20(22)3/h6,10,19-22,24,26-27,29-30,32H,1,7-9,11-18H2,2-5H3/t19?,20-,21?,22+,24?,26?,27?,29?,30?,31?/m1/s1. The summed E-state index contributed by atoms with van der Waals surface area (Å²) in [6.07, 6.45) is 16.2. The average molecular weight is 481 g/mol. The van der Waals surface area contributed by atoms with Crippen LogP contribution in [0, 0.1) is 46.8 Å². The minimum absolute atomic E-state index is 0.319. The number of hydrogen-bond acceptors (Lipinski definition) is 4. The summed E-state index contributed by atoms with van der Waals surface area (Å²) in [7, 11) is 4.21. The molecule has 1 aliphatic heterocycles. The Hall–Kier alpha value is -1.10. The van der Waals surface area contributed by atoms with E-state index in [9.17, 15) is 0 Å². The fourth-order valence-corrected chi connectivity index (χ4v) is 8.64. The molecule has 35 heavy (non-hydrogen) atoms. The van der Waals surface area contributed by atoms with Crippen LogP contribution in [0.25, 0.3) is 0 Å². The third-order valence-electron chi connectivity index (χ3n) is 11.0. The molecule has 4 nitrogen and oxygen atoms in total. The summed E-state index contributed by atoms with van der Waals surface area (Å²) >= 11 is 0. The Bertz CT molecular complexity index is 892. The van der Waals surface area contributed by atoms with Crippen LogP contribution in [0.5, 0.6) is 0 Å². The minimum Gasteiger partial charge on any atom is -0.456 e. The van der Waals surface area contributed by atoms with Crippen molar-refractivity contribution in [2.24, 2.45) is 46.8 Å². The highest BCUT2D eigenvalue weighted by molar-refractivity contribution is 5.31. The molecule has 3 fully saturated rings. The molecule has 6 rings (SSSR count). The van der Waals surface area contributed by atoms with Crippen LogP contribution >= 0.6 is 0 Å². The van der Waals surface area contributed by atoms with Gasteiger partial charge in [-0.15, -0.1) is 6.58 Å². The first-order valence-corrected chi connectivity index (χ1v) is 14.6. The lowest BCUT2D eigenvalue weighted by Gasteiger charge is -2.46. The van der Waals surface area contributed by atoms with Crippen LogP contribution in [0.2, 0.25) is 0 Å². The van der Waals surface area contributed by atoms with Crippen molar-refractivity contribution in [1.82, 2.24) is 10.2 Å². The molecule has 5 aliphatic carbocycles. The second kappa shape index (κ2) is 9.33. The van der Waals surface area contributed by atoms with Gasteiger partial charge >= 0.3 is 0 Å². The van der Waals surface area contributed by atoms with Gasteiger partial charge in [-0.2, -0.15) is 0 Å². The minimum atomic E-state index is -0.319. The fraction of sp³-hybridized carbons (Fsp3) is 0.806. The highest BCUT2D eigenvalue weighted by Gasteiger charge is 2.77. The molecule has 0 radical (unpaired) electrons. The second-order valence-corrected chi connectivity index (χ2v) is 13.3. The first kappa shape index (κ1) is 24.2. The number of nitrogens with one attached hydrogen (secondary N) is 1. The maximum absolute atomic E-state index is 6.63. The Morgan fingerprint density at radius 1 is 1.20 bits per heavy atom. The maximum Gasteiger partial charge on any atom is 0.259 e. The van der Waals surface area contributed by atoms with E-state index in [1.165, 1.54) is 50.7 Å². The second-order valence-electron chi connectivity index (χ2n) is 13.3. The van der Waals surface area contributed by atoms with Gasteiger partial charge in [0.05, 0.1) is 6.61 Å². The fourth-order valence-electron chi connectivity index (χ4n) is 8.64. The number of nitrogens with zero attached hydrogens (tertiary/aromatic N) is 1. The van der Waals surface area contributed by atoms with E-state index in [0.29, 0.717) is 36.3 Å². The van der Waals surface area contributed by atoms with E-state index < -0.39 is 0 Å². The number of allylic oxidation sites excluding steroid dienone is 4. The molecule has 3 saturated carbocycles. The molecular weight excluding hydrogens is 432 g/mol. The van der Waals surface area contributed by atoms with Crippen molar-refractivity contribution in [3.8, 4) is 0 Å². The van der Waals surface area contributed by atoms with E-state index in [1.807, 2.05) is 0 Å². The van der Waals surface area contributed by atoms with Gasteiger partial charge in [0.1, 0.15) is 5.76 Å². The van der Waals surface area contributed by atoms with Gasteiger partial charge in [0.2, 0.25) is 0 Å². The molecule has 0 amide bonds. The number of fused-ring (bicyclic) bond motifs is 1. The largest absolute Gasteiger partial charge is 0.456 e. The molecule has 0 saturated heterocycles. The van der Waals surface area contributed by atoms with E-state index in [2.05, 4.69) is 56.9 Å². The molecule has 0 bridgehead atoms. The molecule has 0 aromatic heterocycles. The van der Waals surface area contributed by atoms with E-state index in [1.54, 1.807) is 11.1 Å². The quantitative estimate of drug-likeness (QED) is 0.445. The molecule has 0 aromatic carbocycles. The maximum atomic E-state index is 6.63. The van der Waals surface area contributed by atoms with Gasteiger partial charge in [0.15, 0.2) is 0 Å². The van der Waals surface area contributed by atoms with Crippen LogP contribution in [0.4, 0.5) is 0 Å². The number of rotatable bonds is 7. The van der Waals surface area contributed by atoms with Crippen molar-refractivity contribution in [3.63, 3.8) is 0 Å². The summed E-state index contributed by atoms with van der Waals surface area (Å²) in [5, 5.41) is 3.89. The third-order valence-corrected chi connectivity index (χ3v) is 11.0. The SMILES string of the molecule is C=CC1CCCC=C1C1CC2=C(CC1C)C([C@H]1CCC34CC3C4C[C@H]1C)NC(OCCN(C)C)O2. The van der Waals surface area contributed by atoms with Gasteiger partial charge in [0.25, 0.3) is 6.41 Å². The normalized spacial score (nSPS) is 46.5. The highest BCUT2D eigenvalue weighted by atomic mass is 16.7. The van der Waals surface area contributed by atoms with Crippen molar-refractivity contribution < 1.29 is 9.47 Å². The molecule has 8 unspecified atom stereocenters. The predicted molar refractivity (Wildman–Crippen MR) is 141 cm³/mol. The zero-order chi connectivity index (χ0) is 24.3. The Morgan fingerprint density at radius 2 is 2.06 bits per heavy atom. The van der Waals surface area contributed by atoms with Gasteiger partial charge in [-0.05, 0) is 118 Å². The van der Waals surface area contributed by atoms with Crippen LogP contribution in [-0.2, 0) is 9.47 Å². The summed E-state index contributed by atoms with van der Waals surface area (Å²) in [5.41, 5.74) is 3.99. The van der Waals surface area contributed by atoms with E-state index >= 15 is 0 Å². The van der Waals surface area contributed by atoms with Crippen molar-refractivity contribution in [3.05, 3.63) is 35.6 Å². The Kier molecular flexibility index (Phi) is 6.46. The summed E-state index contributed by atoms with van der Waals surface area (Å²) in [6, 6.07) is 0.406. The molecule has 4 heteroatoms. The molecular formula is C31H48N2O2. The van der Waals surface area contributed by atoms with Crippen molar-refractivity contribution in [2.75, 3.05) is 27.2 Å². The Morgan fingerprint density at radius 3 is 2.83 bits per heavy atom. The molecule has 6 aliphatic rings. The van der Waals surface area contributed by atoms with Gasteiger partial charge in [0, 0.05) is 19.0 Å². The molecule has 1 N–H and O–H groups in total. The van der Waals surface area contributed by atoms with Crippen LogP contribution in [0.15, 0.2) is 35.6 Å². The zero-order valence-corrected chi connectivity index (χ0v) is 22.6. The summed E-state index contributed by atoms with van der Waals surface area (Å²) < 4.78 is 12.9. The lowest BCUT2D eigenvalue weighted by Crippen LogP contribution is -2.53. The smallest absolute Gasteiger partial charge is 0.259 e. The van der Waals surface area contributed by atoms with Gasteiger partial charge in [-0.3, -0.25) is 5.32 Å². The summed E-state index contributed by atoms with van der Waals surface area (Å²) in [5.74, 6) is 6.65. The molecule has 10 atom stereocenters. The average Bonchev–Trinajstić information content (AvgIpc) is 3.72. The van der Waals surface area contributed by atoms with Crippen LogP contribution in [0.1, 0.15) is 71.6 Å². The third kappa shape index (κ3) is 4.36. The lowest BCUT2D eigenvalue weighted by atomic mass is 9.67. The number of ether oxygens (including phenoxy) is 2. The lowest BCUT2D eigenvalue weighted by molar-refractivity contribution is -0.160. The number of likely N-dealkylation sites (N-methyl/N-ethyl adjacent to an activating group) is 1. The van der Waals surface area contributed by atoms with Gasteiger partial charge in [-0.25, -0.2) is 0 Å². The molecule has 194 valence electrons. The Balaban J connectivity index is 1.25. The topological polar surface area (TPSA) is 33.7 Å². The van der Waals surface area contributed by atoms with Crippen molar-refractivity contribution >= 4 is 0 Å². The monoisotopic (exact) mass is 480 g/mol. The molecule has 0 aromatic rings.